The molecule has 5 heteroatoms. The van der Waals surface area contributed by atoms with Gasteiger partial charge in [-0.05, 0) is 68.0 Å². The van der Waals surface area contributed by atoms with E-state index in [4.69, 9.17) is 9.15 Å². The molecule has 1 unspecified atom stereocenters. The van der Waals surface area contributed by atoms with Crippen LogP contribution in [0.5, 0.6) is 0 Å². The van der Waals surface area contributed by atoms with E-state index in [-0.39, 0.29) is 17.0 Å². The maximum Gasteiger partial charge on any atom is 0.344 e. The van der Waals surface area contributed by atoms with E-state index in [2.05, 4.69) is 52.5 Å². The minimum atomic E-state index is -0.357. The molecule has 0 aliphatic heterocycles. The normalized spacial score (nSPS) is 12.9. The second-order valence-electron chi connectivity index (χ2n) is 10.1. The van der Waals surface area contributed by atoms with Crippen molar-refractivity contribution in [2.75, 3.05) is 12.4 Å². The number of ether oxygens (including phenoxy) is 1. The molecule has 3 rings (SSSR count). The van der Waals surface area contributed by atoms with Crippen LogP contribution in [-0.4, -0.2) is 18.3 Å². The monoisotopic (exact) mass is 506 g/mol. The number of hydrogen-bond donors (Lipinski definition) is 0. The fraction of sp³-hybridized carbons (Fsp3) is 0.419. The van der Waals surface area contributed by atoms with Crippen molar-refractivity contribution in [3.05, 3.63) is 76.2 Å². The average Bonchev–Trinajstić information content (AvgIpc) is 2.86. The first kappa shape index (κ1) is 27.8. The smallest absolute Gasteiger partial charge is 0.344 e. The van der Waals surface area contributed by atoms with Crippen LogP contribution in [0.25, 0.3) is 22.1 Å². The molecule has 0 saturated carbocycles. The highest BCUT2D eigenvalue weighted by molar-refractivity contribution is 7.99. The Balaban J connectivity index is 1.76. The van der Waals surface area contributed by atoms with Gasteiger partial charge in [0.15, 0.2) is 0 Å². The zero-order valence-electron chi connectivity index (χ0n) is 22.2. The molecule has 0 N–H and O–H groups in total. The highest BCUT2D eigenvalue weighted by Crippen LogP contribution is 2.33. The van der Waals surface area contributed by atoms with Crippen molar-refractivity contribution >= 4 is 28.7 Å². The molecule has 36 heavy (non-hydrogen) atoms. The number of hydrogen-bond acceptors (Lipinski definition) is 5. The van der Waals surface area contributed by atoms with Crippen molar-refractivity contribution in [1.29, 1.82) is 0 Å². The summed E-state index contributed by atoms with van der Waals surface area (Å²) < 4.78 is 11.2. The number of fused-ring (bicyclic) bond motifs is 1. The van der Waals surface area contributed by atoms with Gasteiger partial charge in [0, 0.05) is 27.0 Å². The van der Waals surface area contributed by atoms with Crippen LogP contribution in [0.2, 0.25) is 0 Å². The quantitative estimate of drug-likeness (QED) is 0.0816. The number of aryl methyl sites for hydroxylation is 2. The van der Waals surface area contributed by atoms with Gasteiger partial charge in [-0.25, -0.2) is 9.59 Å². The van der Waals surface area contributed by atoms with Gasteiger partial charge in [-0.3, -0.25) is 0 Å². The summed E-state index contributed by atoms with van der Waals surface area (Å²) in [7, 11) is 0. The van der Waals surface area contributed by atoms with Crippen molar-refractivity contribution in [2.24, 2.45) is 5.41 Å². The van der Waals surface area contributed by atoms with Crippen LogP contribution >= 0.6 is 11.8 Å². The summed E-state index contributed by atoms with van der Waals surface area (Å²) >= 11 is 1.67. The Morgan fingerprint density at radius 3 is 2.53 bits per heavy atom. The van der Waals surface area contributed by atoms with E-state index in [1.807, 2.05) is 24.3 Å². The molecule has 2 aromatic carbocycles. The van der Waals surface area contributed by atoms with Crippen molar-refractivity contribution < 1.29 is 13.9 Å². The Kier molecular flexibility index (Phi) is 9.61. The predicted octanol–water partition coefficient (Wildman–Crippen LogP) is 8.13. The van der Waals surface area contributed by atoms with Crippen LogP contribution in [0.4, 0.5) is 0 Å². The number of carbonyl (C=O) groups is 1. The molecule has 0 amide bonds. The lowest BCUT2D eigenvalue weighted by Crippen LogP contribution is -2.27. The van der Waals surface area contributed by atoms with Gasteiger partial charge in [0.1, 0.15) is 5.58 Å². The summed E-state index contributed by atoms with van der Waals surface area (Å²) in [4.78, 5) is 25.8. The second kappa shape index (κ2) is 12.4. The summed E-state index contributed by atoms with van der Waals surface area (Å²) in [6.07, 6.45) is 5.56. The summed E-state index contributed by atoms with van der Waals surface area (Å²) in [5, 5.41) is 0.897. The number of carbonyl (C=O) groups excluding carboxylic acids is 1. The Hall–Kier alpha value is -2.79. The van der Waals surface area contributed by atoms with Crippen LogP contribution in [0.3, 0.4) is 0 Å². The number of benzene rings is 2. The van der Waals surface area contributed by atoms with Crippen LogP contribution in [0.15, 0.2) is 68.7 Å². The van der Waals surface area contributed by atoms with Crippen LogP contribution in [0.1, 0.15) is 64.5 Å². The Bertz CT molecular complexity index is 1290. The van der Waals surface area contributed by atoms with Gasteiger partial charge in [0.05, 0.1) is 12.2 Å². The zero-order chi connectivity index (χ0) is 26.3. The molecule has 1 aromatic heterocycles. The lowest BCUT2D eigenvalue weighted by Gasteiger charge is -2.27. The van der Waals surface area contributed by atoms with E-state index >= 15 is 0 Å². The van der Waals surface area contributed by atoms with Gasteiger partial charge < -0.3 is 9.15 Å². The van der Waals surface area contributed by atoms with Crippen LogP contribution in [-0.2, 0) is 16.0 Å². The summed E-state index contributed by atoms with van der Waals surface area (Å²) in [5.74, 6) is 0.411. The standard InChI is InChI=1S/C31H38O4S/c1-7-9-10-11-23-12-15-26(22(5)16-23)27-17-24-13-14-25(18-28(24)35-30(27)33)36-20-31(6,8-2)19-34-29(32)21(3)4/h12-18H,3,7-11,19-20H2,1-2,4-6H3. The highest BCUT2D eigenvalue weighted by atomic mass is 32.2. The number of thioether (sulfide) groups is 1. The molecule has 0 saturated heterocycles. The molecule has 0 spiro atoms. The topological polar surface area (TPSA) is 56.5 Å². The SMILES string of the molecule is C=C(C)C(=O)OCC(C)(CC)CSc1ccc2cc(-c3ccc(CCCCC)cc3C)c(=O)oc2c1. The summed E-state index contributed by atoms with van der Waals surface area (Å²) in [6, 6.07) is 14.3. The van der Waals surface area contributed by atoms with Gasteiger partial charge >= 0.3 is 11.6 Å². The molecule has 0 aliphatic carbocycles. The fourth-order valence-corrected chi connectivity index (χ4v) is 5.16. The number of unbranched alkanes of at least 4 members (excludes halogenated alkanes) is 2. The van der Waals surface area contributed by atoms with Crippen LogP contribution < -0.4 is 5.63 Å². The van der Waals surface area contributed by atoms with Gasteiger partial charge in [-0.15, -0.1) is 11.8 Å². The first-order valence-corrected chi connectivity index (χ1v) is 13.8. The number of esters is 1. The third kappa shape index (κ3) is 7.13. The third-order valence-electron chi connectivity index (χ3n) is 6.70. The molecule has 0 fully saturated rings. The van der Waals surface area contributed by atoms with E-state index in [9.17, 15) is 9.59 Å². The first-order chi connectivity index (χ1) is 17.2. The predicted molar refractivity (Wildman–Crippen MR) is 151 cm³/mol. The van der Waals surface area contributed by atoms with Crippen LogP contribution in [0, 0.1) is 12.3 Å². The summed E-state index contributed by atoms with van der Waals surface area (Å²) in [5.41, 5.74) is 4.41. The fourth-order valence-electron chi connectivity index (χ4n) is 4.00. The minimum Gasteiger partial charge on any atom is -0.462 e. The van der Waals surface area contributed by atoms with Crippen molar-refractivity contribution in [3.8, 4) is 11.1 Å². The van der Waals surface area contributed by atoms with E-state index in [1.165, 1.54) is 24.8 Å². The molecular formula is C31H38O4S. The maximum atomic E-state index is 12.9. The third-order valence-corrected chi connectivity index (χ3v) is 8.13. The molecule has 4 nitrogen and oxygen atoms in total. The van der Waals surface area contributed by atoms with Gasteiger partial charge in [-0.1, -0.05) is 64.5 Å². The van der Waals surface area contributed by atoms with Crippen molar-refractivity contribution in [2.45, 2.75) is 71.6 Å². The second-order valence-corrected chi connectivity index (χ2v) is 11.1. The molecule has 0 radical (unpaired) electrons. The average molecular weight is 507 g/mol. The van der Waals surface area contributed by atoms with Gasteiger partial charge in [0.2, 0.25) is 0 Å². The lowest BCUT2D eigenvalue weighted by atomic mass is 9.91. The van der Waals surface area contributed by atoms with E-state index in [0.29, 0.717) is 23.3 Å². The molecule has 1 atom stereocenters. The Morgan fingerprint density at radius 2 is 1.86 bits per heavy atom. The largest absolute Gasteiger partial charge is 0.462 e. The van der Waals surface area contributed by atoms with E-state index < -0.39 is 0 Å². The first-order valence-electron chi connectivity index (χ1n) is 12.8. The van der Waals surface area contributed by atoms with Crippen molar-refractivity contribution in [3.63, 3.8) is 0 Å². The Morgan fingerprint density at radius 1 is 1.08 bits per heavy atom. The maximum absolute atomic E-state index is 12.9. The lowest BCUT2D eigenvalue weighted by molar-refractivity contribution is -0.141. The molecule has 0 bridgehead atoms. The van der Waals surface area contributed by atoms with Gasteiger partial charge in [-0.2, -0.15) is 0 Å². The van der Waals surface area contributed by atoms with Gasteiger partial charge in [0.25, 0.3) is 0 Å². The molecule has 0 aliphatic rings. The Labute approximate surface area is 219 Å². The highest BCUT2D eigenvalue weighted by Gasteiger charge is 2.25. The minimum absolute atomic E-state index is 0.171. The zero-order valence-corrected chi connectivity index (χ0v) is 23.1. The molecule has 192 valence electrons. The number of rotatable bonds is 12. The molecule has 3 aromatic rings. The van der Waals surface area contributed by atoms with E-state index in [0.717, 1.165) is 40.0 Å². The summed E-state index contributed by atoms with van der Waals surface area (Å²) in [6.45, 7) is 14.1. The van der Waals surface area contributed by atoms with Crippen molar-refractivity contribution in [1.82, 2.24) is 0 Å². The molecular weight excluding hydrogens is 468 g/mol. The van der Waals surface area contributed by atoms with E-state index in [1.54, 1.807) is 18.7 Å². The molecule has 1 heterocycles.